The Morgan fingerprint density at radius 2 is 0.489 bits per heavy atom. The Kier molecular flexibility index (Phi) is 16.2. The highest BCUT2D eigenvalue weighted by atomic mass is 16.7. The van der Waals surface area contributed by atoms with Crippen molar-refractivity contribution in [2.24, 2.45) is 69.5 Å². The zero-order chi connectivity index (χ0) is 60.4. The van der Waals surface area contributed by atoms with Crippen molar-refractivity contribution in [3.05, 3.63) is 164 Å². The average molecular weight is 1200 g/mol. The predicted octanol–water partition coefficient (Wildman–Crippen LogP) is 21.7. The third-order valence-electron chi connectivity index (χ3n) is 24.5. The number of ether oxygens (including phenoxy) is 6. The van der Waals surface area contributed by atoms with E-state index in [1.807, 2.05) is 20.8 Å². The number of rotatable bonds is 24. The van der Waals surface area contributed by atoms with Crippen LogP contribution in [0.25, 0.3) is 66.8 Å². The third kappa shape index (κ3) is 12.6. The van der Waals surface area contributed by atoms with Gasteiger partial charge in [0.25, 0.3) is 0 Å². The van der Waals surface area contributed by atoms with Crippen LogP contribution in [0.4, 0.5) is 0 Å². The first kappa shape index (κ1) is 58.9. The van der Waals surface area contributed by atoms with Crippen LogP contribution in [0.15, 0.2) is 164 Å². The van der Waals surface area contributed by atoms with Crippen molar-refractivity contribution in [3.8, 4) is 84.0 Å². The van der Waals surface area contributed by atoms with Gasteiger partial charge in [-0.1, -0.05) is 127 Å². The van der Waals surface area contributed by atoms with Crippen molar-refractivity contribution in [2.45, 2.75) is 174 Å². The maximum atomic E-state index is 6.35. The predicted molar refractivity (Wildman–Crippen MR) is 363 cm³/mol. The van der Waals surface area contributed by atoms with Crippen LogP contribution < -0.4 is 14.2 Å². The molecule has 468 valence electrons. The topological polar surface area (TPSA) is 55.4 Å². The molecule has 7 aromatic carbocycles. The van der Waals surface area contributed by atoms with Gasteiger partial charge in [-0.05, 0) is 328 Å². The Morgan fingerprint density at radius 3 is 0.733 bits per heavy atom. The molecule has 12 aliphatic rings. The first-order valence-corrected chi connectivity index (χ1v) is 35.6. The lowest BCUT2D eigenvalue weighted by molar-refractivity contribution is -0.104. The summed E-state index contributed by atoms with van der Waals surface area (Å²) in [5.41, 5.74) is 15.6. The standard InChI is InChI=1S/C84H96O6/c1-55(85-34-31-82-46-58-37-59(47-82)39-60(38-58)48-82)88-76-25-19-70(20-26-76)67-7-13-73(14-8-67)79-5-4-6-80(74-15-9-68(10-16-74)71-21-27-77(28-22-71)89-56(2)86-35-32-83-49-61-40-62(50-83)42-63(41-61)51-83)81(79)75-17-11-69(12-18-75)72-23-29-78(30-24-72)90-57(3)87-36-33-84-52-64-43-65(53-84)45-66(44-64)54-84/h4-30,55-66H,31-54H2,1-3H3. The minimum absolute atomic E-state index is 0.285. The van der Waals surface area contributed by atoms with Gasteiger partial charge in [0.2, 0.25) is 0 Å². The summed E-state index contributed by atoms with van der Waals surface area (Å²) in [4.78, 5) is 0. The van der Waals surface area contributed by atoms with Gasteiger partial charge in [-0.3, -0.25) is 0 Å². The first-order valence-electron chi connectivity index (χ1n) is 35.6. The molecule has 0 heterocycles. The summed E-state index contributed by atoms with van der Waals surface area (Å²) >= 11 is 0. The molecule has 12 aliphatic carbocycles. The lowest BCUT2D eigenvalue weighted by Gasteiger charge is -2.57. The molecule has 6 nitrogen and oxygen atoms in total. The lowest BCUT2D eigenvalue weighted by Crippen LogP contribution is -2.46. The van der Waals surface area contributed by atoms with Crippen LogP contribution in [0.3, 0.4) is 0 Å². The quantitative estimate of drug-likeness (QED) is 0.0562. The number of hydrogen-bond acceptors (Lipinski definition) is 6. The highest BCUT2D eigenvalue weighted by molar-refractivity contribution is 5.95. The van der Waals surface area contributed by atoms with Crippen LogP contribution in [0.2, 0.25) is 0 Å². The van der Waals surface area contributed by atoms with Gasteiger partial charge in [0, 0.05) is 0 Å². The maximum absolute atomic E-state index is 6.35. The van der Waals surface area contributed by atoms with Crippen molar-refractivity contribution in [3.63, 3.8) is 0 Å². The van der Waals surface area contributed by atoms with E-state index in [9.17, 15) is 0 Å². The Labute approximate surface area is 537 Å². The fourth-order valence-corrected chi connectivity index (χ4v) is 21.8. The van der Waals surface area contributed by atoms with Gasteiger partial charge in [0.1, 0.15) is 17.2 Å². The summed E-state index contributed by atoms with van der Waals surface area (Å²) in [5.74, 6) is 11.2. The van der Waals surface area contributed by atoms with Crippen LogP contribution in [-0.4, -0.2) is 38.7 Å². The van der Waals surface area contributed by atoms with Crippen molar-refractivity contribution in [2.75, 3.05) is 19.8 Å². The van der Waals surface area contributed by atoms with Crippen molar-refractivity contribution >= 4 is 0 Å². The van der Waals surface area contributed by atoms with E-state index in [0.717, 1.165) is 113 Å². The molecule has 90 heavy (non-hydrogen) atoms. The van der Waals surface area contributed by atoms with Gasteiger partial charge in [0.05, 0.1) is 19.8 Å². The number of benzene rings is 7. The molecule has 0 N–H and O–H groups in total. The van der Waals surface area contributed by atoms with Crippen LogP contribution in [0.5, 0.6) is 17.2 Å². The molecular weight excluding hydrogens is 1100 g/mol. The van der Waals surface area contributed by atoms with E-state index in [0.29, 0.717) is 16.2 Å². The zero-order valence-electron chi connectivity index (χ0n) is 53.9. The zero-order valence-corrected chi connectivity index (χ0v) is 53.9. The van der Waals surface area contributed by atoms with Crippen LogP contribution in [0, 0.1) is 69.5 Å². The molecule has 0 aromatic heterocycles. The molecule has 0 spiro atoms. The largest absolute Gasteiger partial charge is 0.465 e. The van der Waals surface area contributed by atoms with Crippen LogP contribution >= 0.6 is 0 Å². The van der Waals surface area contributed by atoms with E-state index in [1.54, 1.807) is 0 Å². The van der Waals surface area contributed by atoms with Crippen LogP contribution in [0.1, 0.15) is 156 Å². The van der Waals surface area contributed by atoms with E-state index in [-0.39, 0.29) is 18.9 Å². The summed E-state index contributed by atoms with van der Waals surface area (Å²) in [6, 6.07) is 59.6. The van der Waals surface area contributed by atoms with E-state index < -0.39 is 0 Å². The van der Waals surface area contributed by atoms with E-state index in [4.69, 9.17) is 28.4 Å². The molecule has 7 aromatic rings. The SMILES string of the molecule is CC(OCCC12CC3CC(CC(C3)C1)C2)Oc1ccc(-c2ccc(-c3cccc(-c4ccc(-c5ccc(OC(C)OCCC67CC8CC(CC(C8)C6)C7)cc5)cc4)c3-c3ccc(-c4ccc(OC(C)OCCC56CC7CC(CC(C7)C5)C6)cc4)cc3)cc2)cc1. The van der Waals surface area contributed by atoms with Crippen molar-refractivity contribution in [1.82, 2.24) is 0 Å². The molecule has 19 rings (SSSR count). The summed E-state index contributed by atoms with van der Waals surface area (Å²) in [7, 11) is 0. The minimum atomic E-state index is -0.289. The van der Waals surface area contributed by atoms with E-state index >= 15 is 0 Å². The first-order chi connectivity index (χ1) is 44.0. The summed E-state index contributed by atoms with van der Waals surface area (Å²) < 4.78 is 38.0. The second-order valence-corrected chi connectivity index (χ2v) is 31.2. The van der Waals surface area contributed by atoms with Crippen LogP contribution in [-0.2, 0) is 14.2 Å². The molecular formula is C84H96O6. The molecule has 3 atom stereocenters. The molecule has 0 saturated heterocycles. The molecule has 0 amide bonds. The second-order valence-electron chi connectivity index (χ2n) is 31.2. The van der Waals surface area contributed by atoms with E-state index in [1.165, 1.54) is 179 Å². The van der Waals surface area contributed by atoms with Gasteiger partial charge in [-0.2, -0.15) is 0 Å². The third-order valence-corrected chi connectivity index (χ3v) is 24.5. The fourth-order valence-electron chi connectivity index (χ4n) is 21.8. The fraction of sp³-hybridized carbons (Fsp3) is 0.500. The molecule has 12 fully saturated rings. The van der Waals surface area contributed by atoms with Crippen molar-refractivity contribution < 1.29 is 28.4 Å². The second kappa shape index (κ2) is 24.7. The Bertz CT molecular complexity index is 3310. The van der Waals surface area contributed by atoms with Gasteiger partial charge in [-0.15, -0.1) is 0 Å². The number of hydrogen-bond donors (Lipinski definition) is 0. The molecule has 3 unspecified atom stereocenters. The molecule has 12 saturated carbocycles. The Balaban J connectivity index is 0.592. The highest BCUT2D eigenvalue weighted by Gasteiger charge is 2.53. The monoisotopic (exact) mass is 1200 g/mol. The average Bonchev–Trinajstić information content (AvgIpc) is 0.809. The van der Waals surface area contributed by atoms with Gasteiger partial charge >= 0.3 is 0 Å². The normalized spacial score (nSPS) is 30.8. The maximum Gasteiger partial charge on any atom is 0.196 e. The smallest absolute Gasteiger partial charge is 0.196 e. The summed E-state index contributed by atoms with van der Waals surface area (Å²) in [5, 5.41) is 0. The Morgan fingerprint density at radius 1 is 0.278 bits per heavy atom. The lowest BCUT2D eigenvalue weighted by atomic mass is 9.49. The molecule has 0 aliphatic heterocycles. The minimum Gasteiger partial charge on any atom is -0.465 e. The van der Waals surface area contributed by atoms with E-state index in [2.05, 4.69) is 164 Å². The Hall–Kier alpha value is -6.18. The molecule has 12 bridgehead atoms. The van der Waals surface area contributed by atoms with Crippen molar-refractivity contribution in [1.29, 1.82) is 0 Å². The summed E-state index contributed by atoms with van der Waals surface area (Å²) in [6.45, 7) is 8.48. The van der Waals surface area contributed by atoms with Gasteiger partial charge < -0.3 is 28.4 Å². The summed E-state index contributed by atoms with van der Waals surface area (Å²) in [6.07, 6.45) is 28.8. The molecule has 0 radical (unpaired) electrons. The van der Waals surface area contributed by atoms with Gasteiger partial charge in [0.15, 0.2) is 18.9 Å². The molecule has 6 heteroatoms. The highest BCUT2D eigenvalue weighted by Crippen LogP contribution is 2.64. The van der Waals surface area contributed by atoms with Gasteiger partial charge in [-0.25, -0.2) is 0 Å².